The smallest absolute Gasteiger partial charge is 0.387 e. The minimum Gasteiger partial charge on any atom is -0.493 e. The second-order valence-electron chi connectivity index (χ2n) is 6.84. The number of nitrogens with one attached hydrogen (secondary N) is 1. The van der Waals surface area contributed by atoms with Crippen LogP contribution in [-0.4, -0.2) is 37.7 Å². The Morgan fingerprint density at radius 1 is 1.12 bits per heavy atom. The number of methoxy groups -OCH3 is 2. The normalized spacial score (nSPS) is 10.7. The first-order valence-electron chi connectivity index (χ1n) is 9.93. The van der Waals surface area contributed by atoms with Gasteiger partial charge < -0.3 is 19.5 Å². The number of nitrogens with zero attached hydrogens (tertiary/aromatic N) is 1. The number of halogens is 2. The first-order chi connectivity index (χ1) is 15.8. The van der Waals surface area contributed by atoms with Crippen molar-refractivity contribution in [3.05, 3.63) is 58.6 Å². The van der Waals surface area contributed by atoms with E-state index in [1.807, 2.05) is 24.3 Å². The van der Waals surface area contributed by atoms with Gasteiger partial charge in [0.05, 0.1) is 37.6 Å². The molecule has 0 aliphatic heterocycles. The molecule has 1 aromatic heterocycles. The number of hydrogen-bond donors (Lipinski definition) is 1. The van der Waals surface area contributed by atoms with E-state index in [0.29, 0.717) is 5.69 Å². The Bertz CT molecular complexity index is 1130. The number of hydrogen-bond acceptors (Lipinski definition) is 7. The van der Waals surface area contributed by atoms with Gasteiger partial charge in [0, 0.05) is 23.1 Å². The van der Waals surface area contributed by atoms with Crippen LogP contribution in [0.4, 0.5) is 14.5 Å². The highest BCUT2D eigenvalue weighted by molar-refractivity contribution is 7.13. The lowest BCUT2D eigenvalue weighted by molar-refractivity contribution is -0.115. The molecule has 3 aromatic rings. The van der Waals surface area contributed by atoms with E-state index >= 15 is 0 Å². The third-order valence-electron chi connectivity index (χ3n) is 4.70. The molecule has 0 fully saturated rings. The van der Waals surface area contributed by atoms with Crippen LogP contribution in [0.2, 0.25) is 0 Å². The fraction of sp³-hybridized carbons (Fsp3) is 0.261. The molecule has 1 N–H and O–H groups in total. The molecule has 0 unspecified atom stereocenters. The third-order valence-corrected chi connectivity index (χ3v) is 5.64. The Morgan fingerprint density at radius 3 is 2.45 bits per heavy atom. The zero-order valence-corrected chi connectivity index (χ0v) is 19.0. The molecule has 0 atom stereocenters. The lowest BCUT2D eigenvalue weighted by Gasteiger charge is -2.15. The van der Waals surface area contributed by atoms with E-state index in [9.17, 15) is 18.4 Å². The molecule has 7 nitrogen and oxygen atoms in total. The number of esters is 1. The molecule has 0 saturated carbocycles. The van der Waals surface area contributed by atoms with Crippen LogP contribution in [0, 0.1) is 0 Å². The number of rotatable bonds is 9. The number of carbonyl (C=O) groups is 2. The zero-order valence-electron chi connectivity index (χ0n) is 18.2. The number of aryl methyl sites for hydroxylation is 1. The molecule has 1 amide bonds. The maximum Gasteiger partial charge on any atom is 0.387 e. The predicted octanol–water partition coefficient (Wildman–Crippen LogP) is 4.95. The fourth-order valence-electron chi connectivity index (χ4n) is 3.05. The summed E-state index contributed by atoms with van der Waals surface area (Å²) in [5, 5.41) is 5.09. The van der Waals surface area contributed by atoms with Crippen molar-refractivity contribution in [3.8, 4) is 22.1 Å². The number of carbonyl (C=O) groups excluding carboxylic acids is 2. The molecular formula is C23H22F2N2O5S. The monoisotopic (exact) mass is 476 g/mol. The largest absolute Gasteiger partial charge is 0.493 e. The summed E-state index contributed by atoms with van der Waals surface area (Å²) in [6.45, 7) is -1.04. The van der Waals surface area contributed by atoms with Gasteiger partial charge in [0.15, 0.2) is 11.5 Å². The van der Waals surface area contributed by atoms with Gasteiger partial charge in [-0.25, -0.2) is 9.78 Å². The molecule has 0 aliphatic carbocycles. The first-order valence-corrected chi connectivity index (χ1v) is 10.8. The highest BCUT2D eigenvalue weighted by atomic mass is 32.1. The van der Waals surface area contributed by atoms with Crippen molar-refractivity contribution >= 4 is 28.9 Å². The van der Waals surface area contributed by atoms with Crippen LogP contribution in [0.3, 0.4) is 0 Å². The Morgan fingerprint density at radius 2 is 1.85 bits per heavy atom. The van der Waals surface area contributed by atoms with Gasteiger partial charge in [0.2, 0.25) is 5.91 Å². The van der Waals surface area contributed by atoms with Gasteiger partial charge in [0.25, 0.3) is 0 Å². The van der Waals surface area contributed by atoms with Gasteiger partial charge in [-0.2, -0.15) is 8.78 Å². The van der Waals surface area contributed by atoms with E-state index in [1.54, 1.807) is 5.38 Å². The van der Waals surface area contributed by atoms with Gasteiger partial charge in [0.1, 0.15) is 5.01 Å². The quantitative estimate of drug-likeness (QED) is 0.440. The van der Waals surface area contributed by atoms with Crippen molar-refractivity contribution in [2.75, 3.05) is 19.5 Å². The summed E-state index contributed by atoms with van der Waals surface area (Å²) in [4.78, 5) is 29.3. The number of anilines is 1. The minimum atomic E-state index is -3.12. The van der Waals surface area contributed by atoms with Crippen LogP contribution >= 0.6 is 11.3 Å². The van der Waals surface area contributed by atoms with Crippen molar-refractivity contribution in [2.45, 2.75) is 26.4 Å². The van der Waals surface area contributed by atoms with Gasteiger partial charge in [-0.3, -0.25) is 4.79 Å². The molecule has 3 rings (SSSR count). The average molecular weight is 477 g/mol. The SMILES string of the molecule is CCc1ccc(-c2nc(CC(=O)Nc3cc(OC(F)F)c(OC)cc3C(=O)OC)cs2)cc1. The highest BCUT2D eigenvalue weighted by Gasteiger charge is 2.21. The molecule has 0 radical (unpaired) electrons. The molecule has 0 aliphatic rings. The van der Waals surface area contributed by atoms with Gasteiger partial charge in [-0.05, 0) is 12.0 Å². The summed E-state index contributed by atoms with van der Waals surface area (Å²) < 4.78 is 39.7. The number of amides is 1. The topological polar surface area (TPSA) is 86.8 Å². The number of ether oxygens (including phenoxy) is 3. The molecule has 0 saturated heterocycles. The maximum absolute atomic E-state index is 12.8. The summed E-state index contributed by atoms with van der Waals surface area (Å²) in [5.74, 6) is -1.71. The van der Waals surface area contributed by atoms with Crippen LogP contribution in [0.5, 0.6) is 11.5 Å². The third kappa shape index (κ3) is 6.04. The molecule has 0 spiro atoms. The van der Waals surface area contributed by atoms with Crippen molar-refractivity contribution in [3.63, 3.8) is 0 Å². The lowest BCUT2D eigenvalue weighted by atomic mass is 10.1. The molecule has 2 aromatic carbocycles. The summed E-state index contributed by atoms with van der Waals surface area (Å²) in [6.07, 6.45) is 0.855. The van der Waals surface area contributed by atoms with E-state index in [-0.39, 0.29) is 29.2 Å². The summed E-state index contributed by atoms with van der Waals surface area (Å²) in [5.41, 5.74) is 2.57. The van der Waals surface area contributed by atoms with Crippen molar-refractivity contribution in [1.29, 1.82) is 0 Å². The van der Waals surface area contributed by atoms with E-state index < -0.39 is 18.5 Å². The highest BCUT2D eigenvalue weighted by Crippen LogP contribution is 2.35. The first kappa shape index (κ1) is 24.1. The predicted molar refractivity (Wildman–Crippen MR) is 120 cm³/mol. The Balaban J connectivity index is 1.80. The average Bonchev–Trinajstić information content (AvgIpc) is 3.26. The van der Waals surface area contributed by atoms with Crippen molar-refractivity contribution < 1.29 is 32.6 Å². The second kappa shape index (κ2) is 10.9. The van der Waals surface area contributed by atoms with Crippen LogP contribution in [-0.2, 0) is 22.4 Å². The second-order valence-corrected chi connectivity index (χ2v) is 7.70. The minimum absolute atomic E-state index is 0.0473. The lowest BCUT2D eigenvalue weighted by Crippen LogP contribution is -2.18. The van der Waals surface area contributed by atoms with Gasteiger partial charge in [-0.1, -0.05) is 31.2 Å². The van der Waals surface area contributed by atoms with Crippen LogP contribution in [0.15, 0.2) is 41.8 Å². The molecule has 1 heterocycles. The number of aromatic nitrogens is 1. The maximum atomic E-state index is 12.8. The number of alkyl halides is 2. The van der Waals surface area contributed by atoms with E-state index in [4.69, 9.17) is 9.47 Å². The number of thiazole rings is 1. The number of benzene rings is 2. The van der Waals surface area contributed by atoms with Crippen molar-refractivity contribution in [2.24, 2.45) is 0 Å². The standard InChI is InChI=1S/C23H22F2N2O5S/c1-4-13-5-7-14(8-6-13)21-26-15(12-33-21)9-20(28)27-17-11-19(32-23(24)25)18(30-2)10-16(17)22(29)31-3/h5-8,10-12,23H,4,9H2,1-3H3,(H,27,28). The summed E-state index contributed by atoms with van der Waals surface area (Å²) in [6, 6.07) is 10.3. The van der Waals surface area contributed by atoms with E-state index in [1.165, 1.54) is 30.1 Å². The van der Waals surface area contributed by atoms with Gasteiger partial charge >= 0.3 is 12.6 Å². The Hall–Kier alpha value is -3.53. The Kier molecular flexibility index (Phi) is 7.94. The fourth-order valence-corrected chi connectivity index (χ4v) is 3.88. The molecule has 33 heavy (non-hydrogen) atoms. The summed E-state index contributed by atoms with van der Waals surface area (Å²) >= 11 is 1.41. The molecule has 0 bridgehead atoms. The molecule has 10 heteroatoms. The Labute approximate surface area is 193 Å². The van der Waals surface area contributed by atoms with Crippen LogP contribution in [0.1, 0.15) is 28.5 Å². The zero-order chi connectivity index (χ0) is 24.0. The van der Waals surface area contributed by atoms with E-state index in [2.05, 4.69) is 22.0 Å². The van der Waals surface area contributed by atoms with E-state index in [0.717, 1.165) is 30.2 Å². The van der Waals surface area contributed by atoms with Crippen molar-refractivity contribution in [1.82, 2.24) is 4.98 Å². The molecular weight excluding hydrogens is 454 g/mol. The van der Waals surface area contributed by atoms with Gasteiger partial charge in [-0.15, -0.1) is 11.3 Å². The van der Waals surface area contributed by atoms with Crippen LogP contribution < -0.4 is 14.8 Å². The van der Waals surface area contributed by atoms with Crippen LogP contribution in [0.25, 0.3) is 10.6 Å². The summed E-state index contributed by atoms with van der Waals surface area (Å²) in [7, 11) is 2.40. The molecule has 174 valence electrons.